The number of benzene rings is 2. The molecule has 0 saturated carbocycles. The van der Waals surface area contributed by atoms with Gasteiger partial charge in [0.15, 0.2) is 0 Å². The fraction of sp³-hybridized carbons (Fsp3) is 0.381. The lowest BCUT2D eigenvalue weighted by Crippen LogP contribution is -2.32. The van der Waals surface area contributed by atoms with Gasteiger partial charge in [-0.2, -0.15) is 13.2 Å². The molecule has 0 atom stereocenters. The number of hydrogen-bond acceptors (Lipinski definition) is 4. The van der Waals surface area contributed by atoms with Crippen LogP contribution in [0.1, 0.15) is 30.9 Å². The molecule has 0 aromatic heterocycles. The molecule has 0 fully saturated rings. The second kappa shape index (κ2) is 10.5. The number of anilines is 1. The van der Waals surface area contributed by atoms with Crippen molar-refractivity contribution in [2.45, 2.75) is 32.5 Å². The monoisotopic (exact) mass is 458 g/mol. The molecule has 0 aliphatic heterocycles. The zero-order valence-corrected chi connectivity index (χ0v) is 18.1. The van der Waals surface area contributed by atoms with E-state index in [-0.39, 0.29) is 37.5 Å². The Morgan fingerprint density at radius 3 is 2.48 bits per heavy atom. The van der Waals surface area contributed by atoms with Crippen LogP contribution in [0, 0.1) is 0 Å². The molecule has 170 valence electrons. The summed E-state index contributed by atoms with van der Waals surface area (Å²) in [5.74, 6) is 0.401. The number of hydrogen-bond donors (Lipinski definition) is 1. The van der Waals surface area contributed by atoms with E-state index in [4.69, 9.17) is 4.74 Å². The number of nitrogens with zero attached hydrogens (tertiary/aromatic N) is 1. The highest BCUT2D eigenvalue weighted by Crippen LogP contribution is 2.32. The number of nitrogens with one attached hydrogen (secondary N) is 1. The first-order chi connectivity index (χ1) is 14.5. The van der Waals surface area contributed by atoms with Crippen molar-refractivity contribution in [2.75, 3.05) is 23.7 Å². The minimum Gasteiger partial charge on any atom is -0.494 e. The minimum absolute atomic E-state index is 0.0239. The summed E-state index contributed by atoms with van der Waals surface area (Å²) in [4.78, 5) is 12.1. The van der Waals surface area contributed by atoms with E-state index in [1.165, 1.54) is 6.07 Å². The minimum atomic E-state index is -4.58. The van der Waals surface area contributed by atoms with Crippen molar-refractivity contribution in [2.24, 2.45) is 0 Å². The lowest BCUT2D eigenvalue weighted by Gasteiger charge is -2.23. The molecule has 6 nitrogen and oxygen atoms in total. The van der Waals surface area contributed by atoms with Gasteiger partial charge in [-0.05, 0) is 49.2 Å². The zero-order valence-electron chi connectivity index (χ0n) is 17.3. The molecule has 1 amide bonds. The molecule has 0 aliphatic rings. The van der Waals surface area contributed by atoms with E-state index in [1.54, 1.807) is 0 Å². The van der Waals surface area contributed by atoms with Crippen LogP contribution >= 0.6 is 0 Å². The molecule has 1 N–H and O–H groups in total. The van der Waals surface area contributed by atoms with Crippen LogP contribution in [-0.4, -0.2) is 33.7 Å². The Labute approximate surface area is 180 Å². The Morgan fingerprint density at radius 2 is 1.84 bits per heavy atom. The van der Waals surface area contributed by atoms with Gasteiger partial charge in [-0.3, -0.25) is 9.10 Å². The van der Waals surface area contributed by atoms with Crippen LogP contribution in [0.15, 0.2) is 48.5 Å². The fourth-order valence-corrected chi connectivity index (χ4v) is 3.87. The maximum atomic E-state index is 12.9. The van der Waals surface area contributed by atoms with Crippen LogP contribution in [0.25, 0.3) is 0 Å². The van der Waals surface area contributed by atoms with Crippen molar-refractivity contribution in [1.29, 1.82) is 0 Å². The average molecular weight is 459 g/mol. The van der Waals surface area contributed by atoms with E-state index in [0.717, 1.165) is 34.3 Å². The molecule has 0 aliphatic carbocycles. The Morgan fingerprint density at radius 1 is 1.13 bits per heavy atom. The number of alkyl halides is 3. The van der Waals surface area contributed by atoms with E-state index >= 15 is 0 Å². The highest BCUT2D eigenvalue weighted by atomic mass is 32.2. The average Bonchev–Trinajstić information content (AvgIpc) is 2.69. The lowest BCUT2D eigenvalue weighted by molar-refractivity contribution is -0.137. The largest absolute Gasteiger partial charge is 0.494 e. The van der Waals surface area contributed by atoms with Gasteiger partial charge in [0.2, 0.25) is 15.9 Å². The summed E-state index contributed by atoms with van der Waals surface area (Å²) in [5, 5.41) is 2.74. The van der Waals surface area contributed by atoms with E-state index in [0.29, 0.717) is 12.4 Å². The molecule has 2 aromatic rings. The summed E-state index contributed by atoms with van der Waals surface area (Å²) in [6, 6.07) is 11.4. The van der Waals surface area contributed by atoms with Crippen LogP contribution in [0.3, 0.4) is 0 Å². The Bertz CT molecular complexity index is 994. The molecular formula is C21H25F3N2O4S. The quantitative estimate of drug-likeness (QED) is 0.585. The molecule has 31 heavy (non-hydrogen) atoms. The number of rotatable bonds is 10. The van der Waals surface area contributed by atoms with Crippen LogP contribution < -0.4 is 14.4 Å². The Kier molecular flexibility index (Phi) is 8.32. The molecule has 2 aromatic carbocycles. The van der Waals surface area contributed by atoms with E-state index in [9.17, 15) is 26.4 Å². The Balaban J connectivity index is 1.95. The number of carbonyl (C=O) groups excluding carboxylic acids is 1. The summed E-state index contributed by atoms with van der Waals surface area (Å²) in [7, 11) is -3.82. The van der Waals surface area contributed by atoms with Gasteiger partial charge in [-0.1, -0.05) is 18.2 Å². The first-order valence-corrected chi connectivity index (χ1v) is 11.5. The molecule has 0 radical (unpaired) electrons. The third-order valence-electron chi connectivity index (χ3n) is 4.33. The lowest BCUT2D eigenvalue weighted by atomic mass is 10.2. The fourth-order valence-electron chi connectivity index (χ4n) is 2.91. The highest BCUT2D eigenvalue weighted by molar-refractivity contribution is 7.92. The van der Waals surface area contributed by atoms with E-state index in [1.807, 2.05) is 31.2 Å². The topological polar surface area (TPSA) is 75.7 Å². The molecule has 2 rings (SSSR count). The first-order valence-electron chi connectivity index (χ1n) is 9.64. The van der Waals surface area contributed by atoms with Crippen LogP contribution in [0.5, 0.6) is 5.75 Å². The van der Waals surface area contributed by atoms with Gasteiger partial charge in [0.05, 0.1) is 24.1 Å². The smallest absolute Gasteiger partial charge is 0.416 e. The van der Waals surface area contributed by atoms with E-state index < -0.39 is 21.8 Å². The Hall–Kier alpha value is -2.75. The number of halogens is 3. The predicted molar refractivity (Wildman–Crippen MR) is 112 cm³/mol. The van der Waals surface area contributed by atoms with Crippen molar-refractivity contribution in [3.05, 3.63) is 59.7 Å². The van der Waals surface area contributed by atoms with Gasteiger partial charge >= 0.3 is 6.18 Å². The SMILES string of the molecule is CCOc1cccc(CNC(=O)CCCN(c2cccc(C(F)(F)F)c2)S(C)(=O)=O)c1. The van der Waals surface area contributed by atoms with Gasteiger partial charge in [0.25, 0.3) is 0 Å². The maximum absolute atomic E-state index is 12.9. The number of amides is 1. The van der Waals surface area contributed by atoms with Crippen molar-refractivity contribution in [1.82, 2.24) is 5.32 Å². The number of carbonyl (C=O) groups is 1. The van der Waals surface area contributed by atoms with Crippen molar-refractivity contribution >= 4 is 21.6 Å². The molecule has 0 spiro atoms. The van der Waals surface area contributed by atoms with Gasteiger partial charge in [-0.15, -0.1) is 0 Å². The summed E-state index contributed by atoms with van der Waals surface area (Å²) in [5.41, 5.74) is -0.183. The zero-order chi connectivity index (χ0) is 23.1. The molecule has 0 heterocycles. The normalized spacial score (nSPS) is 11.8. The van der Waals surface area contributed by atoms with Gasteiger partial charge in [0, 0.05) is 19.5 Å². The molecule has 0 unspecified atom stereocenters. The van der Waals surface area contributed by atoms with Gasteiger partial charge < -0.3 is 10.1 Å². The number of sulfonamides is 1. The maximum Gasteiger partial charge on any atom is 0.416 e. The third kappa shape index (κ3) is 7.78. The standard InChI is InChI=1S/C21H25F3N2O4S/c1-3-30-19-10-4-7-16(13-19)15-25-20(27)11-6-12-26(31(2,28)29)18-9-5-8-17(14-18)21(22,23)24/h4-5,7-10,13-14H,3,6,11-12,15H2,1-2H3,(H,25,27). The second-order valence-corrected chi connectivity index (χ2v) is 8.75. The molecule has 0 saturated heterocycles. The van der Waals surface area contributed by atoms with Crippen molar-refractivity contribution < 1.29 is 31.1 Å². The molecule has 10 heteroatoms. The van der Waals surface area contributed by atoms with Crippen LogP contribution in [-0.2, 0) is 27.5 Å². The number of ether oxygens (including phenoxy) is 1. The van der Waals surface area contributed by atoms with Crippen molar-refractivity contribution in [3.8, 4) is 5.75 Å². The van der Waals surface area contributed by atoms with Gasteiger partial charge in [-0.25, -0.2) is 8.42 Å². The van der Waals surface area contributed by atoms with Crippen LogP contribution in [0.4, 0.5) is 18.9 Å². The van der Waals surface area contributed by atoms with E-state index in [2.05, 4.69) is 5.32 Å². The van der Waals surface area contributed by atoms with Gasteiger partial charge in [0.1, 0.15) is 5.75 Å². The first kappa shape index (κ1) is 24.5. The molecule has 0 bridgehead atoms. The summed E-state index contributed by atoms with van der Waals surface area (Å²) >= 11 is 0. The summed E-state index contributed by atoms with van der Waals surface area (Å²) < 4.78 is 69.3. The third-order valence-corrected chi connectivity index (χ3v) is 5.52. The van der Waals surface area contributed by atoms with Crippen LogP contribution in [0.2, 0.25) is 0 Å². The second-order valence-electron chi connectivity index (χ2n) is 6.84. The summed E-state index contributed by atoms with van der Waals surface area (Å²) in [6.45, 7) is 2.56. The summed E-state index contributed by atoms with van der Waals surface area (Å²) in [6.07, 6.45) is -3.50. The molecular weight excluding hydrogens is 433 g/mol. The highest BCUT2D eigenvalue weighted by Gasteiger charge is 2.31. The predicted octanol–water partition coefficient (Wildman–Crippen LogP) is 3.97. The van der Waals surface area contributed by atoms with Crippen molar-refractivity contribution in [3.63, 3.8) is 0 Å².